The van der Waals surface area contributed by atoms with Crippen molar-refractivity contribution < 1.29 is 4.79 Å². The molecule has 19 heavy (non-hydrogen) atoms. The Morgan fingerprint density at radius 3 is 2.89 bits per heavy atom. The van der Waals surface area contributed by atoms with E-state index in [4.69, 9.17) is 11.6 Å². The first kappa shape index (κ1) is 11.2. The first-order valence-corrected chi connectivity index (χ1v) is 5.35. The predicted molar refractivity (Wildman–Crippen MR) is 66.4 cm³/mol. The molecule has 96 valence electrons. The highest BCUT2D eigenvalue weighted by Crippen LogP contribution is 2.15. The molecule has 3 heterocycles. The number of primary amides is 1. The number of anilines is 1. The van der Waals surface area contributed by atoms with Gasteiger partial charge in [0.1, 0.15) is 5.69 Å². The maximum absolute atomic E-state index is 11.1. The number of carbonyl (C=O) groups excluding carboxylic acids is 1. The average Bonchev–Trinajstić information content (AvgIpc) is 3.06. The van der Waals surface area contributed by atoms with Gasteiger partial charge in [0.25, 0.3) is 5.91 Å². The van der Waals surface area contributed by atoms with Crippen LogP contribution < -0.4 is 17.0 Å². The molecule has 0 spiro atoms. The number of hydrogen-bond acceptors (Lipinski definition) is 6. The van der Waals surface area contributed by atoms with E-state index in [0.717, 1.165) is 0 Å². The molecule has 0 aliphatic carbocycles. The second kappa shape index (κ2) is 4.07. The van der Waals surface area contributed by atoms with Gasteiger partial charge < -0.3 is 15.6 Å². The zero-order chi connectivity index (χ0) is 13.4. The van der Waals surface area contributed by atoms with Gasteiger partial charge in [-0.05, 0) is 6.07 Å². The number of aromatic nitrogens is 5. The summed E-state index contributed by atoms with van der Waals surface area (Å²) in [6, 6.07) is 1.51. The molecule has 0 atom stereocenters. The summed E-state index contributed by atoms with van der Waals surface area (Å²) in [5.74, 6) is 5.63. The van der Waals surface area contributed by atoms with Gasteiger partial charge in [0.2, 0.25) is 0 Å². The van der Waals surface area contributed by atoms with Gasteiger partial charge in [-0.1, -0.05) is 0 Å². The van der Waals surface area contributed by atoms with Crippen molar-refractivity contribution in [3.8, 4) is 5.82 Å². The second-order valence-electron chi connectivity index (χ2n) is 3.76. The number of imidazole rings is 1. The lowest BCUT2D eigenvalue weighted by atomic mass is 10.4. The average molecular weight is 258 g/mol. The van der Waals surface area contributed by atoms with Crippen molar-refractivity contribution in [1.29, 1.82) is 0 Å². The fraction of sp³-hybridized carbons (Fsp3) is 0. The van der Waals surface area contributed by atoms with Crippen molar-refractivity contribution >= 4 is 17.4 Å². The van der Waals surface area contributed by atoms with Crippen LogP contribution in [0.5, 0.6) is 0 Å². The number of amides is 1. The van der Waals surface area contributed by atoms with Crippen molar-refractivity contribution in [2.24, 2.45) is 11.6 Å². The lowest BCUT2D eigenvalue weighted by molar-refractivity contribution is 0.0995. The maximum atomic E-state index is 11.1. The van der Waals surface area contributed by atoms with Crippen LogP contribution in [0.2, 0.25) is 0 Å². The minimum Gasteiger partial charge on any atom is -0.364 e. The summed E-state index contributed by atoms with van der Waals surface area (Å²) >= 11 is 0. The van der Waals surface area contributed by atoms with E-state index in [2.05, 4.69) is 20.5 Å². The number of nitrogens with one attached hydrogen (secondary N) is 1. The Hall–Kier alpha value is -2.94. The minimum atomic E-state index is -0.605. The molecular formula is C10H10N8O. The smallest absolute Gasteiger partial charge is 0.269 e. The van der Waals surface area contributed by atoms with Gasteiger partial charge >= 0.3 is 0 Å². The van der Waals surface area contributed by atoms with Gasteiger partial charge in [0.05, 0.1) is 6.20 Å². The highest BCUT2D eigenvalue weighted by atomic mass is 16.1. The summed E-state index contributed by atoms with van der Waals surface area (Å²) < 4.78 is 3.16. The van der Waals surface area contributed by atoms with Crippen molar-refractivity contribution in [2.45, 2.75) is 0 Å². The minimum absolute atomic E-state index is 0.151. The number of nitrogen functional groups attached to an aromatic ring is 1. The van der Waals surface area contributed by atoms with E-state index >= 15 is 0 Å². The Morgan fingerprint density at radius 1 is 1.37 bits per heavy atom. The van der Waals surface area contributed by atoms with Gasteiger partial charge in [-0.15, -0.1) is 0 Å². The number of carbonyl (C=O) groups is 1. The first-order chi connectivity index (χ1) is 9.19. The fourth-order valence-electron chi connectivity index (χ4n) is 1.71. The molecule has 0 aliphatic heterocycles. The second-order valence-corrected chi connectivity index (χ2v) is 3.76. The normalized spacial score (nSPS) is 10.8. The van der Waals surface area contributed by atoms with Crippen LogP contribution in [-0.4, -0.2) is 30.1 Å². The molecule has 5 N–H and O–H groups in total. The third kappa shape index (κ3) is 1.77. The Balaban J connectivity index is 2.21. The first-order valence-electron chi connectivity index (χ1n) is 5.35. The van der Waals surface area contributed by atoms with E-state index in [-0.39, 0.29) is 5.69 Å². The number of rotatable bonds is 3. The van der Waals surface area contributed by atoms with Gasteiger partial charge in [0.15, 0.2) is 17.3 Å². The molecule has 3 aromatic heterocycles. The molecule has 9 nitrogen and oxygen atoms in total. The lowest BCUT2D eigenvalue weighted by Crippen LogP contribution is -2.14. The zero-order valence-electron chi connectivity index (χ0n) is 9.69. The van der Waals surface area contributed by atoms with Crippen molar-refractivity contribution in [3.05, 3.63) is 36.5 Å². The fourth-order valence-corrected chi connectivity index (χ4v) is 1.71. The van der Waals surface area contributed by atoms with Crippen molar-refractivity contribution in [3.63, 3.8) is 0 Å². The summed E-state index contributed by atoms with van der Waals surface area (Å²) in [5, 5.41) is 4.04. The number of hydrazine groups is 1. The molecule has 0 unspecified atom stereocenters. The summed E-state index contributed by atoms with van der Waals surface area (Å²) in [5.41, 5.74) is 8.35. The third-order valence-corrected chi connectivity index (χ3v) is 2.56. The van der Waals surface area contributed by atoms with Crippen LogP contribution in [0, 0.1) is 0 Å². The molecular weight excluding hydrogens is 248 g/mol. The van der Waals surface area contributed by atoms with E-state index in [1.165, 1.54) is 10.7 Å². The Bertz CT molecular complexity index is 758. The van der Waals surface area contributed by atoms with Gasteiger partial charge in [-0.25, -0.2) is 20.5 Å². The lowest BCUT2D eigenvalue weighted by Gasteiger charge is -2.06. The molecule has 0 saturated carbocycles. The standard InChI is InChI=1S/C10H10N8O/c11-8(19)6-1-3-18(16-6)10-9-13-2-4-17(9)5-7(14-10)15-12/h1-5,15H,12H2,(H2,11,19). The van der Waals surface area contributed by atoms with E-state index in [0.29, 0.717) is 17.3 Å². The predicted octanol–water partition coefficient (Wildman–Crippen LogP) is -0.701. The molecule has 0 fully saturated rings. The summed E-state index contributed by atoms with van der Waals surface area (Å²) in [6.07, 6.45) is 6.64. The van der Waals surface area contributed by atoms with Crippen molar-refractivity contribution in [1.82, 2.24) is 24.1 Å². The van der Waals surface area contributed by atoms with Crippen molar-refractivity contribution in [2.75, 3.05) is 5.43 Å². The summed E-state index contributed by atoms with van der Waals surface area (Å²) in [7, 11) is 0. The topological polar surface area (TPSA) is 129 Å². The Labute approximate surface area is 106 Å². The van der Waals surface area contributed by atoms with Crippen LogP contribution in [-0.2, 0) is 0 Å². The number of hydrogen-bond donors (Lipinski definition) is 3. The SMILES string of the molecule is NNc1cn2ccnc2c(-n2ccc(C(N)=O)n2)n1. The number of nitrogens with two attached hydrogens (primary N) is 2. The third-order valence-electron chi connectivity index (χ3n) is 2.56. The highest BCUT2D eigenvalue weighted by Gasteiger charge is 2.12. The van der Waals surface area contributed by atoms with Crippen LogP contribution in [0.15, 0.2) is 30.9 Å². The molecule has 3 aromatic rings. The molecule has 0 bridgehead atoms. The van der Waals surface area contributed by atoms with E-state index in [1.807, 2.05) is 0 Å². The largest absolute Gasteiger partial charge is 0.364 e. The Morgan fingerprint density at radius 2 is 2.21 bits per heavy atom. The number of nitrogens with zero attached hydrogens (tertiary/aromatic N) is 5. The van der Waals surface area contributed by atoms with Crippen LogP contribution >= 0.6 is 0 Å². The molecule has 9 heteroatoms. The Kier molecular flexibility index (Phi) is 2.39. The molecule has 0 aromatic carbocycles. The van der Waals surface area contributed by atoms with Gasteiger partial charge in [-0.3, -0.25) is 4.79 Å². The van der Waals surface area contributed by atoms with Crippen LogP contribution in [0.1, 0.15) is 10.5 Å². The van der Waals surface area contributed by atoms with E-state index < -0.39 is 5.91 Å². The molecule has 0 saturated heterocycles. The maximum Gasteiger partial charge on any atom is 0.269 e. The monoisotopic (exact) mass is 258 g/mol. The van der Waals surface area contributed by atoms with Crippen LogP contribution in [0.4, 0.5) is 5.82 Å². The molecule has 1 amide bonds. The van der Waals surface area contributed by atoms with Crippen LogP contribution in [0.3, 0.4) is 0 Å². The van der Waals surface area contributed by atoms with E-state index in [9.17, 15) is 4.79 Å². The molecule has 3 rings (SSSR count). The van der Waals surface area contributed by atoms with Gasteiger partial charge in [-0.2, -0.15) is 5.10 Å². The van der Waals surface area contributed by atoms with Gasteiger partial charge in [0, 0.05) is 18.6 Å². The molecule has 0 radical (unpaired) electrons. The summed E-state index contributed by atoms with van der Waals surface area (Å²) in [4.78, 5) is 19.5. The van der Waals surface area contributed by atoms with Crippen LogP contribution in [0.25, 0.3) is 11.5 Å². The molecule has 0 aliphatic rings. The number of fused-ring (bicyclic) bond motifs is 1. The highest BCUT2D eigenvalue weighted by molar-refractivity contribution is 5.90. The van der Waals surface area contributed by atoms with E-state index in [1.54, 1.807) is 29.2 Å². The quantitative estimate of drug-likeness (QED) is 0.420. The zero-order valence-corrected chi connectivity index (χ0v) is 9.69. The summed E-state index contributed by atoms with van der Waals surface area (Å²) in [6.45, 7) is 0.